The Hall–Kier alpha value is -1.91. The number of oxazole rings is 1. The molecule has 5 nitrogen and oxygen atoms in total. The van der Waals surface area contributed by atoms with Crippen LogP contribution in [0.1, 0.15) is 24.5 Å². The maximum absolute atomic E-state index is 5.38. The van der Waals surface area contributed by atoms with Gasteiger partial charge in [-0.15, -0.1) is 0 Å². The summed E-state index contributed by atoms with van der Waals surface area (Å²) in [5.74, 6) is 2.32. The molecule has 17 heavy (non-hydrogen) atoms. The number of nitrogens with zero attached hydrogens (tertiary/aromatic N) is 4. The lowest BCUT2D eigenvalue weighted by Crippen LogP contribution is -2.34. The van der Waals surface area contributed by atoms with E-state index in [-0.39, 0.29) is 0 Å². The number of anilines is 1. The minimum absolute atomic E-state index is 0.410. The van der Waals surface area contributed by atoms with Crippen molar-refractivity contribution >= 4 is 5.82 Å². The summed E-state index contributed by atoms with van der Waals surface area (Å²) in [4.78, 5) is 14.7. The van der Waals surface area contributed by atoms with Gasteiger partial charge in [0.25, 0.3) is 0 Å². The summed E-state index contributed by atoms with van der Waals surface area (Å²) in [5, 5.41) is 0. The van der Waals surface area contributed by atoms with Gasteiger partial charge in [0.1, 0.15) is 11.6 Å². The molecule has 0 N–H and O–H groups in total. The van der Waals surface area contributed by atoms with Gasteiger partial charge in [-0.2, -0.15) is 0 Å². The zero-order valence-corrected chi connectivity index (χ0v) is 9.49. The minimum Gasteiger partial charge on any atom is -0.448 e. The van der Waals surface area contributed by atoms with Gasteiger partial charge in [-0.05, 0) is 12.8 Å². The highest BCUT2D eigenvalue weighted by Gasteiger charge is 2.24. The van der Waals surface area contributed by atoms with Crippen molar-refractivity contribution in [3.05, 3.63) is 36.9 Å². The Balaban J connectivity index is 1.76. The molecule has 2 aromatic heterocycles. The summed E-state index contributed by atoms with van der Waals surface area (Å²) >= 11 is 0. The first kappa shape index (κ1) is 10.3. The third kappa shape index (κ3) is 2.13. The van der Waals surface area contributed by atoms with E-state index in [0.717, 1.165) is 37.5 Å². The van der Waals surface area contributed by atoms with E-state index in [2.05, 4.69) is 19.9 Å². The molecule has 0 bridgehead atoms. The summed E-state index contributed by atoms with van der Waals surface area (Å²) < 4.78 is 5.38. The van der Waals surface area contributed by atoms with Crippen LogP contribution in [0.25, 0.3) is 0 Å². The highest BCUT2D eigenvalue weighted by atomic mass is 16.3. The number of piperidine rings is 1. The lowest BCUT2D eigenvalue weighted by molar-refractivity contribution is 0.409. The molecule has 1 saturated heterocycles. The summed E-state index contributed by atoms with van der Waals surface area (Å²) in [6.45, 7) is 1.96. The van der Waals surface area contributed by atoms with Crippen molar-refractivity contribution in [2.45, 2.75) is 18.8 Å². The zero-order valence-electron chi connectivity index (χ0n) is 9.49. The third-order valence-corrected chi connectivity index (χ3v) is 3.15. The zero-order chi connectivity index (χ0) is 11.5. The smallest absolute Gasteiger partial charge is 0.180 e. The van der Waals surface area contributed by atoms with E-state index in [1.165, 1.54) is 6.39 Å². The molecule has 0 aliphatic carbocycles. The summed E-state index contributed by atoms with van der Waals surface area (Å²) in [6, 6.07) is 0. The molecule has 5 heteroatoms. The van der Waals surface area contributed by atoms with Crippen LogP contribution in [-0.2, 0) is 0 Å². The lowest BCUT2D eigenvalue weighted by atomic mass is 9.96. The molecule has 1 fully saturated rings. The number of hydrogen-bond donors (Lipinski definition) is 0. The molecule has 2 aromatic rings. The van der Waals surface area contributed by atoms with Crippen LogP contribution in [0.4, 0.5) is 5.82 Å². The van der Waals surface area contributed by atoms with Crippen LogP contribution >= 0.6 is 0 Å². The van der Waals surface area contributed by atoms with E-state index in [1.807, 2.05) is 12.4 Å². The Morgan fingerprint density at radius 1 is 1.24 bits per heavy atom. The van der Waals surface area contributed by atoms with Crippen LogP contribution in [0.5, 0.6) is 0 Å². The van der Waals surface area contributed by atoms with Crippen LogP contribution in [0, 0.1) is 0 Å². The first-order valence-corrected chi connectivity index (χ1v) is 5.83. The van der Waals surface area contributed by atoms with Gasteiger partial charge in [-0.3, -0.25) is 4.98 Å². The molecule has 0 saturated carbocycles. The van der Waals surface area contributed by atoms with E-state index in [4.69, 9.17) is 4.42 Å². The Labute approximate surface area is 99.5 Å². The maximum atomic E-state index is 5.38. The quantitative estimate of drug-likeness (QED) is 0.788. The molecule has 1 atom stereocenters. The Kier molecular flexibility index (Phi) is 2.73. The monoisotopic (exact) mass is 230 g/mol. The summed E-state index contributed by atoms with van der Waals surface area (Å²) in [6.07, 6.45) is 10.8. The van der Waals surface area contributed by atoms with Gasteiger partial charge >= 0.3 is 0 Å². The molecule has 1 aliphatic heterocycles. The molecule has 1 aliphatic rings. The standard InChI is InChI=1S/C12H14N4O/c1-2-10(11-6-14-9-17-11)8-16(5-1)12-7-13-3-4-15-12/h3-4,6-7,9-10H,1-2,5,8H2/t10-/m0/s1. The Bertz CT molecular complexity index is 457. The summed E-state index contributed by atoms with van der Waals surface area (Å²) in [5.41, 5.74) is 0. The molecule has 3 heterocycles. The minimum atomic E-state index is 0.410. The van der Waals surface area contributed by atoms with E-state index in [9.17, 15) is 0 Å². The Morgan fingerprint density at radius 3 is 3.00 bits per heavy atom. The van der Waals surface area contributed by atoms with Gasteiger partial charge in [0.2, 0.25) is 0 Å². The van der Waals surface area contributed by atoms with Crippen LogP contribution in [0.2, 0.25) is 0 Å². The number of rotatable bonds is 2. The number of aromatic nitrogens is 3. The van der Waals surface area contributed by atoms with E-state index in [1.54, 1.807) is 12.4 Å². The predicted molar refractivity (Wildman–Crippen MR) is 62.7 cm³/mol. The molecule has 0 amide bonds. The SMILES string of the molecule is c1cnc(N2CCC[C@H](c3cnco3)C2)cn1. The largest absolute Gasteiger partial charge is 0.448 e. The van der Waals surface area contributed by atoms with Gasteiger partial charge in [-0.25, -0.2) is 9.97 Å². The molecule has 0 aromatic carbocycles. The van der Waals surface area contributed by atoms with E-state index in [0.29, 0.717) is 5.92 Å². The second-order valence-electron chi connectivity index (χ2n) is 4.25. The highest BCUT2D eigenvalue weighted by molar-refractivity contribution is 5.36. The second kappa shape index (κ2) is 4.53. The maximum Gasteiger partial charge on any atom is 0.180 e. The van der Waals surface area contributed by atoms with Crippen molar-refractivity contribution in [3.8, 4) is 0 Å². The first-order chi connectivity index (χ1) is 8.43. The van der Waals surface area contributed by atoms with Crippen molar-refractivity contribution in [2.75, 3.05) is 18.0 Å². The van der Waals surface area contributed by atoms with Gasteiger partial charge in [0.15, 0.2) is 6.39 Å². The fourth-order valence-electron chi connectivity index (χ4n) is 2.30. The van der Waals surface area contributed by atoms with Gasteiger partial charge in [0.05, 0.1) is 12.4 Å². The molecular weight excluding hydrogens is 216 g/mol. The fourth-order valence-corrected chi connectivity index (χ4v) is 2.30. The third-order valence-electron chi connectivity index (χ3n) is 3.15. The van der Waals surface area contributed by atoms with Crippen molar-refractivity contribution in [1.29, 1.82) is 0 Å². The van der Waals surface area contributed by atoms with Crippen LogP contribution < -0.4 is 4.90 Å². The van der Waals surface area contributed by atoms with Crippen molar-refractivity contribution in [3.63, 3.8) is 0 Å². The molecule has 88 valence electrons. The van der Waals surface area contributed by atoms with Gasteiger partial charge in [0, 0.05) is 31.4 Å². The number of hydrogen-bond acceptors (Lipinski definition) is 5. The second-order valence-corrected chi connectivity index (χ2v) is 4.25. The topological polar surface area (TPSA) is 55.1 Å². The summed E-state index contributed by atoms with van der Waals surface area (Å²) in [7, 11) is 0. The van der Waals surface area contributed by atoms with Crippen molar-refractivity contribution in [1.82, 2.24) is 15.0 Å². The lowest BCUT2D eigenvalue weighted by Gasteiger charge is -2.32. The molecule has 0 spiro atoms. The Morgan fingerprint density at radius 2 is 2.24 bits per heavy atom. The van der Waals surface area contributed by atoms with Gasteiger partial charge < -0.3 is 9.32 Å². The first-order valence-electron chi connectivity index (χ1n) is 5.83. The average Bonchev–Trinajstić information content (AvgIpc) is 2.94. The van der Waals surface area contributed by atoms with E-state index >= 15 is 0 Å². The predicted octanol–water partition coefficient (Wildman–Crippen LogP) is 1.85. The van der Waals surface area contributed by atoms with Crippen molar-refractivity contribution < 1.29 is 4.42 Å². The molecule has 3 rings (SSSR count). The molecular formula is C12H14N4O. The fraction of sp³-hybridized carbons (Fsp3) is 0.417. The normalized spacial score (nSPS) is 20.5. The van der Waals surface area contributed by atoms with Gasteiger partial charge in [-0.1, -0.05) is 0 Å². The highest BCUT2D eigenvalue weighted by Crippen LogP contribution is 2.28. The van der Waals surface area contributed by atoms with Crippen LogP contribution in [-0.4, -0.2) is 28.0 Å². The van der Waals surface area contributed by atoms with E-state index < -0.39 is 0 Å². The average molecular weight is 230 g/mol. The van der Waals surface area contributed by atoms with Crippen molar-refractivity contribution in [2.24, 2.45) is 0 Å². The molecule has 0 radical (unpaired) electrons. The molecule has 0 unspecified atom stereocenters. The van der Waals surface area contributed by atoms with Crippen LogP contribution in [0.3, 0.4) is 0 Å². The van der Waals surface area contributed by atoms with Crippen LogP contribution in [0.15, 0.2) is 35.6 Å².